The molecule has 0 aromatic rings. The number of nitrogens with one attached hydrogen (secondary N) is 1. The lowest BCUT2D eigenvalue weighted by Gasteiger charge is -2.18. The number of hydrogen-bond donors (Lipinski definition) is 2. The average molecular weight is 227 g/mol. The molecule has 0 aromatic heterocycles. The molecule has 0 spiro atoms. The standard InChI is InChI=1S/C7H16ClN2O2P/c1-3-12-7(11)6(4-5-8)10-13(2)9/h6,10H,3-5,9H2,1-2H3/t6-,13?/m0/s1. The van der Waals surface area contributed by atoms with E-state index in [9.17, 15) is 4.79 Å². The van der Waals surface area contributed by atoms with Crippen LogP contribution in [0.5, 0.6) is 0 Å². The highest BCUT2D eigenvalue weighted by Crippen LogP contribution is 2.15. The maximum absolute atomic E-state index is 11.3. The fraction of sp³-hybridized carbons (Fsp3) is 0.857. The second kappa shape index (κ2) is 7.51. The summed E-state index contributed by atoms with van der Waals surface area (Å²) in [4.78, 5) is 11.3. The van der Waals surface area contributed by atoms with Crippen molar-refractivity contribution in [3.63, 3.8) is 0 Å². The van der Waals surface area contributed by atoms with Crippen LogP contribution in [0.1, 0.15) is 13.3 Å². The van der Waals surface area contributed by atoms with Gasteiger partial charge in [0.15, 0.2) is 0 Å². The lowest BCUT2D eigenvalue weighted by Crippen LogP contribution is -2.36. The van der Waals surface area contributed by atoms with Gasteiger partial charge in [-0.05, 0) is 20.0 Å². The summed E-state index contributed by atoms with van der Waals surface area (Å²) in [6.07, 6.45) is 0.546. The zero-order chi connectivity index (χ0) is 10.3. The molecule has 1 unspecified atom stereocenters. The van der Waals surface area contributed by atoms with Crippen LogP contribution in [0.15, 0.2) is 0 Å². The Hall–Kier alpha value is 0.110. The molecule has 0 fully saturated rings. The van der Waals surface area contributed by atoms with Gasteiger partial charge in [-0.1, -0.05) is 0 Å². The Morgan fingerprint density at radius 3 is 2.77 bits per heavy atom. The Balaban J connectivity index is 3.98. The first-order chi connectivity index (χ1) is 6.11. The van der Waals surface area contributed by atoms with Gasteiger partial charge >= 0.3 is 5.97 Å². The van der Waals surface area contributed by atoms with Crippen molar-refractivity contribution in [1.29, 1.82) is 0 Å². The minimum Gasteiger partial charge on any atom is -0.465 e. The second-order valence-electron chi connectivity index (χ2n) is 2.52. The number of rotatable bonds is 6. The molecule has 6 heteroatoms. The van der Waals surface area contributed by atoms with E-state index in [1.165, 1.54) is 0 Å². The Kier molecular flexibility index (Phi) is 7.57. The first-order valence-corrected chi connectivity index (χ1v) is 6.48. The summed E-state index contributed by atoms with van der Waals surface area (Å²) in [7, 11) is -0.804. The number of ether oxygens (including phenoxy) is 1. The molecule has 0 aliphatic rings. The summed E-state index contributed by atoms with van der Waals surface area (Å²) in [5, 5.41) is 2.95. The average Bonchev–Trinajstić information content (AvgIpc) is 2.03. The van der Waals surface area contributed by atoms with Crippen LogP contribution in [0.4, 0.5) is 0 Å². The predicted octanol–water partition coefficient (Wildman–Crippen LogP) is 1.04. The molecule has 0 rings (SSSR count). The summed E-state index contributed by atoms with van der Waals surface area (Å²) in [5.74, 6) is 0.141. The van der Waals surface area contributed by atoms with E-state index in [2.05, 4.69) is 5.09 Å². The molecule has 0 amide bonds. The molecular weight excluding hydrogens is 211 g/mol. The van der Waals surface area contributed by atoms with Crippen LogP contribution >= 0.6 is 19.8 Å². The third-order valence-electron chi connectivity index (χ3n) is 1.33. The molecule has 0 aromatic carbocycles. The smallest absolute Gasteiger partial charge is 0.323 e. The van der Waals surface area contributed by atoms with Crippen LogP contribution in [0.25, 0.3) is 0 Å². The van der Waals surface area contributed by atoms with E-state index in [1.54, 1.807) is 6.92 Å². The molecular formula is C7H16ClN2O2P. The quantitative estimate of drug-likeness (QED) is 0.404. The number of hydrogen-bond acceptors (Lipinski definition) is 4. The van der Waals surface area contributed by atoms with Gasteiger partial charge in [-0.25, -0.2) is 0 Å². The minimum absolute atomic E-state index is 0.275. The topological polar surface area (TPSA) is 64.3 Å². The van der Waals surface area contributed by atoms with Crippen LogP contribution in [-0.4, -0.2) is 31.2 Å². The summed E-state index contributed by atoms with van der Waals surface area (Å²) < 4.78 is 4.85. The second-order valence-corrected chi connectivity index (χ2v) is 4.38. The van der Waals surface area contributed by atoms with Crippen molar-refractivity contribution >= 4 is 25.8 Å². The molecule has 3 N–H and O–H groups in total. The van der Waals surface area contributed by atoms with Gasteiger partial charge in [-0.15, -0.1) is 11.6 Å². The third-order valence-corrected chi connectivity index (χ3v) is 2.27. The monoisotopic (exact) mass is 226 g/mol. The molecule has 0 saturated heterocycles. The van der Waals surface area contributed by atoms with Gasteiger partial charge in [0, 0.05) is 14.1 Å². The van der Waals surface area contributed by atoms with Gasteiger partial charge in [0.05, 0.1) is 6.61 Å². The fourth-order valence-electron chi connectivity index (χ4n) is 0.833. The van der Waals surface area contributed by atoms with Crippen molar-refractivity contribution in [1.82, 2.24) is 5.09 Å². The number of carbonyl (C=O) groups is 1. The Labute approximate surface area is 85.0 Å². The van der Waals surface area contributed by atoms with Crippen molar-refractivity contribution < 1.29 is 9.53 Å². The van der Waals surface area contributed by atoms with Gasteiger partial charge in [0.1, 0.15) is 6.04 Å². The van der Waals surface area contributed by atoms with Crippen molar-refractivity contribution in [2.24, 2.45) is 5.50 Å². The number of halogens is 1. The Bertz CT molecular complexity index is 157. The molecule has 0 heterocycles. The van der Waals surface area contributed by atoms with Gasteiger partial charge in [0.25, 0.3) is 0 Å². The Morgan fingerprint density at radius 2 is 2.38 bits per heavy atom. The number of carbonyl (C=O) groups excluding carboxylic acids is 1. The molecule has 0 aliphatic heterocycles. The summed E-state index contributed by atoms with van der Waals surface area (Å²) in [6.45, 7) is 3.98. The fourth-order valence-corrected chi connectivity index (χ4v) is 1.78. The maximum atomic E-state index is 11.3. The lowest BCUT2D eigenvalue weighted by atomic mass is 10.2. The van der Waals surface area contributed by atoms with Crippen molar-refractivity contribution in [3.05, 3.63) is 0 Å². The molecule has 78 valence electrons. The maximum Gasteiger partial charge on any atom is 0.323 e. The molecule has 0 aliphatic carbocycles. The van der Waals surface area contributed by atoms with Gasteiger partial charge in [0.2, 0.25) is 0 Å². The van der Waals surface area contributed by atoms with E-state index in [0.29, 0.717) is 18.9 Å². The number of nitrogens with two attached hydrogens (primary N) is 1. The van der Waals surface area contributed by atoms with E-state index >= 15 is 0 Å². The van der Waals surface area contributed by atoms with Gasteiger partial charge < -0.3 is 4.74 Å². The zero-order valence-electron chi connectivity index (χ0n) is 7.92. The van der Waals surface area contributed by atoms with E-state index in [1.807, 2.05) is 6.66 Å². The first-order valence-electron chi connectivity index (χ1n) is 4.09. The predicted molar refractivity (Wildman–Crippen MR) is 55.9 cm³/mol. The molecule has 0 bridgehead atoms. The highest BCUT2D eigenvalue weighted by Gasteiger charge is 2.19. The number of alkyl halides is 1. The first kappa shape index (κ1) is 13.1. The summed E-state index contributed by atoms with van der Waals surface area (Å²) in [5.41, 5.74) is 5.56. The molecule has 0 radical (unpaired) electrons. The zero-order valence-corrected chi connectivity index (χ0v) is 9.57. The van der Waals surface area contributed by atoms with Gasteiger partial charge in [-0.2, -0.15) is 0 Å². The summed E-state index contributed by atoms with van der Waals surface area (Å²) in [6, 6.07) is -0.362. The van der Waals surface area contributed by atoms with E-state index in [-0.39, 0.29) is 12.0 Å². The highest BCUT2D eigenvalue weighted by molar-refractivity contribution is 7.52. The van der Waals surface area contributed by atoms with E-state index in [0.717, 1.165) is 0 Å². The van der Waals surface area contributed by atoms with E-state index < -0.39 is 8.22 Å². The minimum atomic E-state index is -0.804. The van der Waals surface area contributed by atoms with Crippen molar-refractivity contribution in [3.8, 4) is 0 Å². The van der Waals surface area contributed by atoms with Gasteiger partial charge in [-0.3, -0.25) is 15.4 Å². The van der Waals surface area contributed by atoms with Crippen LogP contribution in [0, 0.1) is 0 Å². The van der Waals surface area contributed by atoms with Crippen LogP contribution < -0.4 is 10.6 Å². The van der Waals surface area contributed by atoms with Crippen molar-refractivity contribution in [2.75, 3.05) is 19.2 Å². The largest absolute Gasteiger partial charge is 0.465 e. The van der Waals surface area contributed by atoms with Crippen LogP contribution in [0.3, 0.4) is 0 Å². The number of esters is 1. The van der Waals surface area contributed by atoms with Crippen LogP contribution in [0.2, 0.25) is 0 Å². The highest BCUT2D eigenvalue weighted by atomic mass is 35.5. The normalized spacial score (nSPS) is 15.1. The summed E-state index contributed by atoms with van der Waals surface area (Å²) >= 11 is 5.54. The Morgan fingerprint density at radius 1 is 1.77 bits per heavy atom. The third kappa shape index (κ3) is 6.22. The lowest BCUT2D eigenvalue weighted by molar-refractivity contribution is -0.145. The SMILES string of the molecule is CCOC(=O)[C@H](CCCl)NP(C)N. The molecule has 4 nitrogen and oxygen atoms in total. The molecule has 2 atom stereocenters. The van der Waals surface area contributed by atoms with Crippen molar-refractivity contribution in [2.45, 2.75) is 19.4 Å². The molecule has 0 saturated carbocycles. The molecule has 13 heavy (non-hydrogen) atoms. The van der Waals surface area contributed by atoms with Crippen LogP contribution in [-0.2, 0) is 9.53 Å². The van der Waals surface area contributed by atoms with E-state index in [4.69, 9.17) is 21.8 Å².